The highest BCUT2D eigenvalue weighted by Crippen LogP contribution is 2.24. The van der Waals surface area contributed by atoms with Crippen molar-refractivity contribution in [3.8, 4) is 0 Å². The van der Waals surface area contributed by atoms with Crippen molar-refractivity contribution < 1.29 is 4.79 Å². The molecule has 0 bridgehead atoms. The van der Waals surface area contributed by atoms with Crippen LogP contribution in [0.3, 0.4) is 0 Å². The Hall–Kier alpha value is -0.570. The average Bonchev–Trinajstić information content (AvgIpc) is 2.53. The molecule has 17 heavy (non-hydrogen) atoms. The highest BCUT2D eigenvalue weighted by Gasteiger charge is 2.28. The van der Waals surface area contributed by atoms with Crippen molar-refractivity contribution >= 4 is 5.91 Å². The molecule has 1 aliphatic heterocycles. The molecule has 1 fully saturated rings. The second-order valence-corrected chi connectivity index (χ2v) is 6.45. The molecule has 1 heterocycles. The Labute approximate surface area is 106 Å². The van der Waals surface area contributed by atoms with Crippen molar-refractivity contribution in [1.29, 1.82) is 0 Å². The van der Waals surface area contributed by atoms with Gasteiger partial charge >= 0.3 is 0 Å². The number of hydrogen-bond donors (Lipinski definition) is 1. The minimum atomic E-state index is -0.112. The van der Waals surface area contributed by atoms with E-state index in [0.717, 1.165) is 19.0 Å². The molecule has 3 heteroatoms. The van der Waals surface area contributed by atoms with E-state index in [0.29, 0.717) is 12.5 Å². The summed E-state index contributed by atoms with van der Waals surface area (Å²) in [5.74, 6) is 0.956. The molecule has 0 saturated carbocycles. The van der Waals surface area contributed by atoms with E-state index < -0.39 is 0 Å². The van der Waals surface area contributed by atoms with Gasteiger partial charge in [0.15, 0.2) is 0 Å². The third kappa shape index (κ3) is 5.07. The van der Waals surface area contributed by atoms with Crippen LogP contribution in [0, 0.1) is 5.92 Å². The van der Waals surface area contributed by atoms with Crippen molar-refractivity contribution in [3.63, 3.8) is 0 Å². The van der Waals surface area contributed by atoms with Gasteiger partial charge in [0.1, 0.15) is 0 Å². The van der Waals surface area contributed by atoms with Gasteiger partial charge in [0.05, 0.1) is 0 Å². The van der Waals surface area contributed by atoms with Gasteiger partial charge in [0.25, 0.3) is 0 Å². The van der Waals surface area contributed by atoms with E-state index in [2.05, 4.69) is 24.1 Å². The Morgan fingerprint density at radius 3 is 2.59 bits per heavy atom. The average molecular weight is 240 g/mol. The Balaban J connectivity index is 2.33. The zero-order valence-electron chi connectivity index (χ0n) is 12.0. The van der Waals surface area contributed by atoms with Crippen molar-refractivity contribution in [2.24, 2.45) is 5.92 Å². The van der Waals surface area contributed by atoms with Crippen LogP contribution in [0.1, 0.15) is 53.9 Å². The van der Waals surface area contributed by atoms with Gasteiger partial charge in [-0.25, -0.2) is 0 Å². The molecule has 1 saturated heterocycles. The highest BCUT2D eigenvalue weighted by atomic mass is 16.1. The summed E-state index contributed by atoms with van der Waals surface area (Å²) in [7, 11) is 0. The maximum Gasteiger partial charge on any atom is 0.221 e. The van der Waals surface area contributed by atoms with Crippen LogP contribution >= 0.6 is 0 Å². The quantitative estimate of drug-likeness (QED) is 0.818. The Bertz CT molecular complexity index is 257. The van der Waals surface area contributed by atoms with Gasteiger partial charge in [0, 0.05) is 31.1 Å². The second-order valence-electron chi connectivity index (χ2n) is 6.45. The van der Waals surface area contributed by atoms with Gasteiger partial charge in [-0.3, -0.25) is 9.69 Å². The van der Waals surface area contributed by atoms with Gasteiger partial charge in [-0.15, -0.1) is 0 Å². The molecule has 0 unspecified atom stereocenters. The molecule has 1 N–H and O–H groups in total. The Kier molecular flexibility index (Phi) is 4.99. The number of nitrogens with one attached hydrogen (secondary N) is 1. The molecule has 1 rings (SSSR count). The normalized spacial score (nSPS) is 26.2. The molecule has 0 aromatic rings. The fraction of sp³-hybridized carbons (Fsp3) is 0.929. The zero-order chi connectivity index (χ0) is 13.1. The second kappa shape index (κ2) is 5.85. The van der Waals surface area contributed by atoms with E-state index in [9.17, 15) is 4.79 Å². The van der Waals surface area contributed by atoms with E-state index in [4.69, 9.17) is 0 Å². The van der Waals surface area contributed by atoms with E-state index in [1.165, 1.54) is 12.8 Å². The number of likely N-dealkylation sites (tertiary alicyclic amines) is 1. The first kappa shape index (κ1) is 14.5. The summed E-state index contributed by atoms with van der Waals surface area (Å²) in [4.78, 5) is 14.2. The molecule has 0 radical (unpaired) electrons. The third-order valence-corrected chi connectivity index (χ3v) is 3.35. The van der Waals surface area contributed by atoms with Gasteiger partial charge in [-0.05, 0) is 39.5 Å². The fourth-order valence-corrected chi connectivity index (χ4v) is 2.66. The van der Waals surface area contributed by atoms with Crippen molar-refractivity contribution in [2.75, 3.05) is 13.1 Å². The van der Waals surface area contributed by atoms with E-state index in [1.807, 2.05) is 20.8 Å². The molecular weight excluding hydrogens is 212 g/mol. The van der Waals surface area contributed by atoms with E-state index >= 15 is 0 Å². The third-order valence-electron chi connectivity index (χ3n) is 3.35. The van der Waals surface area contributed by atoms with Crippen LogP contribution < -0.4 is 5.32 Å². The van der Waals surface area contributed by atoms with Crippen molar-refractivity contribution in [1.82, 2.24) is 10.2 Å². The molecule has 2 atom stereocenters. The van der Waals surface area contributed by atoms with Crippen molar-refractivity contribution in [2.45, 2.75) is 65.5 Å². The summed E-state index contributed by atoms with van der Waals surface area (Å²) in [5, 5.41) is 3.02. The van der Waals surface area contributed by atoms with Crippen LogP contribution in [0.15, 0.2) is 0 Å². The van der Waals surface area contributed by atoms with E-state index in [1.54, 1.807) is 0 Å². The number of carbonyl (C=O) groups is 1. The topological polar surface area (TPSA) is 32.3 Å². The van der Waals surface area contributed by atoms with Gasteiger partial charge in [-0.1, -0.05) is 13.8 Å². The molecule has 1 amide bonds. The number of carbonyl (C=O) groups excluding carboxylic acids is 1. The summed E-state index contributed by atoms with van der Waals surface area (Å²) >= 11 is 0. The zero-order valence-corrected chi connectivity index (χ0v) is 12.0. The first-order chi connectivity index (χ1) is 7.81. The molecule has 1 aliphatic rings. The molecule has 100 valence electrons. The maximum absolute atomic E-state index is 11.8. The first-order valence-corrected chi connectivity index (χ1v) is 6.87. The maximum atomic E-state index is 11.8. The van der Waals surface area contributed by atoms with Crippen LogP contribution in [0.5, 0.6) is 0 Å². The monoisotopic (exact) mass is 240 g/mol. The van der Waals surface area contributed by atoms with Crippen LogP contribution in [-0.4, -0.2) is 35.5 Å². The molecule has 3 nitrogen and oxygen atoms in total. The summed E-state index contributed by atoms with van der Waals surface area (Å²) in [6.45, 7) is 12.7. The van der Waals surface area contributed by atoms with Gasteiger partial charge in [0.2, 0.25) is 5.91 Å². The van der Waals surface area contributed by atoms with Crippen LogP contribution in [0.2, 0.25) is 0 Å². The van der Waals surface area contributed by atoms with Crippen LogP contribution in [0.4, 0.5) is 0 Å². The summed E-state index contributed by atoms with van der Waals surface area (Å²) in [6.07, 6.45) is 3.11. The first-order valence-electron chi connectivity index (χ1n) is 6.87. The minimum Gasteiger partial charge on any atom is -0.351 e. The predicted molar refractivity (Wildman–Crippen MR) is 71.9 cm³/mol. The lowest BCUT2D eigenvalue weighted by molar-refractivity contribution is -0.122. The molecule has 0 aromatic heterocycles. The summed E-state index contributed by atoms with van der Waals surface area (Å²) in [6, 6.07) is 0.687. The lowest BCUT2D eigenvalue weighted by atomic mass is 10.1. The smallest absolute Gasteiger partial charge is 0.221 e. The largest absolute Gasteiger partial charge is 0.351 e. The number of nitrogens with zero attached hydrogens (tertiary/aromatic N) is 1. The SMILES string of the molecule is CC[C@@H]1C[C@@H](C)CN1CCC(=O)NC(C)(C)C. The molecule has 0 aliphatic carbocycles. The van der Waals surface area contributed by atoms with Gasteiger partial charge < -0.3 is 5.32 Å². The minimum absolute atomic E-state index is 0.112. The van der Waals surface area contributed by atoms with E-state index in [-0.39, 0.29) is 11.4 Å². The number of amides is 1. The fourth-order valence-electron chi connectivity index (χ4n) is 2.66. The van der Waals surface area contributed by atoms with Crippen molar-refractivity contribution in [3.05, 3.63) is 0 Å². The highest BCUT2D eigenvalue weighted by molar-refractivity contribution is 5.76. The lowest BCUT2D eigenvalue weighted by Gasteiger charge is -2.25. The Morgan fingerprint density at radius 1 is 1.41 bits per heavy atom. The molecule has 0 aromatic carbocycles. The number of hydrogen-bond acceptors (Lipinski definition) is 2. The van der Waals surface area contributed by atoms with Gasteiger partial charge in [-0.2, -0.15) is 0 Å². The lowest BCUT2D eigenvalue weighted by Crippen LogP contribution is -2.42. The number of rotatable bonds is 4. The van der Waals surface area contributed by atoms with Crippen LogP contribution in [-0.2, 0) is 4.79 Å². The molecular formula is C14H28N2O. The summed E-state index contributed by atoms with van der Waals surface area (Å²) in [5.41, 5.74) is -0.112. The van der Waals surface area contributed by atoms with Crippen LogP contribution in [0.25, 0.3) is 0 Å². The molecule has 0 spiro atoms. The summed E-state index contributed by atoms with van der Waals surface area (Å²) < 4.78 is 0. The Morgan fingerprint density at radius 2 is 2.06 bits per heavy atom. The standard InChI is InChI=1S/C14H28N2O/c1-6-12-9-11(2)10-16(12)8-7-13(17)15-14(3,4)5/h11-12H,6-10H2,1-5H3,(H,15,17)/t11-,12-/m1/s1. The predicted octanol–water partition coefficient (Wildman–Crippen LogP) is 2.41.